The molecule has 104 valence electrons. The minimum Gasteiger partial charge on any atom is -0.481 e. The number of carbonyl (C=O) groups excluding carboxylic acids is 1. The second-order valence-electron chi connectivity index (χ2n) is 3.96. The summed E-state index contributed by atoms with van der Waals surface area (Å²) < 4.78 is 5.02. The number of nitrogens with zero attached hydrogens (tertiary/aromatic N) is 2. The molecular formula is C13H15N5O2. The second kappa shape index (κ2) is 6.48. The van der Waals surface area contributed by atoms with Gasteiger partial charge in [0.25, 0.3) is 5.91 Å². The molecule has 4 N–H and O–H groups in total. The van der Waals surface area contributed by atoms with E-state index in [-0.39, 0.29) is 5.91 Å². The molecule has 0 fully saturated rings. The van der Waals surface area contributed by atoms with E-state index in [0.29, 0.717) is 23.8 Å². The maximum atomic E-state index is 12.0. The van der Waals surface area contributed by atoms with Crippen molar-refractivity contribution in [3.05, 3.63) is 47.8 Å². The molecule has 0 aliphatic heterocycles. The van der Waals surface area contributed by atoms with Crippen molar-refractivity contribution in [1.29, 1.82) is 0 Å². The average molecular weight is 273 g/mol. The Balaban J connectivity index is 2.00. The van der Waals surface area contributed by atoms with Crippen molar-refractivity contribution in [2.24, 2.45) is 5.84 Å². The number of nitrogens with one attached hydrogen (secondary N) is 2. The molecule has 1 amide bonds. The Morgan fingerprint density at radius 1 is 1.30 bits per heavy atom. The Labute approximate surface area is 116 Å². The van der Waals surface area contributed by atoms with Gasteiger partial charge in [0.2, 0.25) is 5.88 Å². The zero-order valence-corrected chi connectivity index (χ0v) is 11.0. The molecule has 20 heavy (non-hydrogen) atoms. The van der Waals surface area contributed by atoms with E-state index in [1.807, 2.05) is 6.07 Å². The molecule has 0 atom stereocenters. The number of rotatable bonds is 5. The van der Waals surface area contributed by atoms with E-state index in [9.17, 15) is 4.79 Å². The summed E-state index contributed by atoms with van der Waals surface area (Å²) in [6.45, 7) is 0.380. The fourth-order valence-electron chi connectivity index (χ4n) is 1.61. The van der Waals surface area contributed by atoms with Crippen molar-refractivity contribution in [1.82, 2.24) is 15.3 Å². The van der Waals surface area contributed by atoms with Crippen LogP contribution in [0.4, 0.5) is 5.82 Å². The highest BCUT2D eigenvalue weighted by Crippen LogP contribution is 2.09. The van der Waals surface area contributed by atoms with Crippen LogP contribution in [-0.4, -0.2) is 23.0 Å². The maximum absolute atomic E-state index is 12.0. The zero-order chi connectivity index (χ0) is 14.4. The first kappa shape index (κ1) is 13.8. The van der Waals surface area contributed by atoms with Gasteiger partial charge >= 0.3 is 0 Å². The van der Waals surface area contributed by atoms with Gasteiger partial charge in [-0.1, -0.05) is 0 Å². The van der Waals surface area contributed by atoms with Crippen LogP contribution in [0.3, 0.4) is 0 Å². The number of aromatic nitrogens is 2. The Hall–Kier alpha value is -2.67. The first-order chi connectivity index (χ1) is 9.72. The summed E-state index contributed by atoms with van der Waals surface area (Å²) in [4.78, 5) is 19.9. The van der Waals surface area contributed by atoms with Gasteiger partial charge < -0.3 is 15.5 Å². The molecule has 7 nitrogen and oxygen atoms in total. The lowest BCUT2D eigenvalue weighted by molar-refractivity contribution is 0.0951. The van der Waals surface area contributed by atoms with E-state index in [1.165, 1.54) is 6.20 Å². The molecular weight excluding hydrogens is 258 g/mol. The molecule has 2 rings (SSSR count). The standard InChI is InChI=1S/C13H15N5O2/c1-20-12-6-9(2-4-16-12)8-17-13(19)10-3-5-15-11(7-10)18-14/h2-7H,8,14H2,1H3,(H,15,18)(H,17,19). The number of methoxy groups -OCH3 is 1. The van der Waals surface area contributed by atoms with Crippen molar-refractivity contribution >= 4 is 11.7 Å². The summed E-state index contributed by atoms with van der Waals surface area (Å²) in [6.07, 6.45) is 3.14. The number of nitrogens with two attached hydrogens (primary N) is 1. The third-order valence-electron chi connectivity index (χ3n) is 2.63. The van der Waals surface area contributed by atoms with Gasteiger partial charge in [0.15, 0.2) is 0 Å². The van der Waals surface area contributed by atoms with Crippen LogP contribution in [0.1, 0.15) is 15.9 Å². The normalized spacial score (nSPS) is 9.90. The van der Waals surface area contributed by atoms with Gasteiger partial charge in [0.1, 0.15) is 5.82 Å². The molecule has 0 aliphatic carbocycles. The highest BCUT2D eigenvalue weighted by molar-refractivity contribution is 5.94. The Morgan fingerprint density at radius 3 is 2.85 bits per heavy atom. The number of ether oxygens (including phenoxy) is 1. The number of nitrogen functional groups attached to an aromatic ring is 1. The first-order valence-electron chi connectivity index (χ1n) is 5.92. The lowest BCUT2D eigenvalue weighted by atomic mass is 10.2. The van der Waals surface area contributed by atoms with E-state index in [2.05, 4.69) is 20.7 Å². The van der Waals surface area contributed by atoms with Gasteiger partial charge in [-0.3, -0.25) is 4.79 Å². The van der Waals surface area contributed by atoms with E-state index in [0.717, 1.165) is 5.56 Å². The van der Waals surface area contributed by atoms with Gasteiger partial charge in [-0.15, -0.1) is 0 Å². The van der Waals surface area contributed by atoms with Crippen molar-refractivity contribution in [3.63, 3.8) is 0 Å². The van der Waals surface area contributed by atoms with Gasteiger partial charge in [0, 0.05) is 30.6 Å². The Kier molecular flexibility index (Phi) is 4.46. The molecule has 0 aliphatic rings. The van der Waals surface area contributed by atoms with Crippen LogP contribution in [0.5, 0.6) is 5.88 Å². The average Bonchev–Trinajstić information content (AvgIpc) is 2.52. The molecule has 2 aromatic heterocycles. The van der Waals surface area contributed by atoms with Crippen LogP contribution in [0.2, 0.25) is 0 Å². The molecule has 0 aromatic carbocycles. The number of amides is 1. The van der Waals surface area contributed by atoms with Gasteiger partial charge in [-0.05, 0) is 23.8 Å². The molecule has 2 heterocycles. The van der Waals surface area contributed by atoms with Crippen molar-refractivity contribution in [2.45, 2.75) is 6.54 Å². The summed E-state index contributed by atoms with van der Waals surface area (Å²) in [5, 5.41) is 2.80. The van der Waals surface area contributed by atoms with E-state index < -0.39 is 0 Å². The fraction of sp³-hybridized carbons (Fsp3) is 0.154. The summed E-state index contributed by atoms with van der Waals surface area (Å²) in [5.74, 6) is 5.99. The second-order valence-corrected chi connectivity index (χ2v) is 3.96. The molecule has 0 bridgehead atoms. The number of hydrogen-bond acceptors (Lipinski definition) is 6. The molecule has 0 spiro atoms. The van der Waals surface area contributed by atoms with E-state index in [1.54, 1.807) is 31.5 Å². The maximum Gasteiger partial charge on any atom is 0.251 e. The Bertz CT molecular complexity index is 603. The van der Waals surface area contributed by atoms with Crippen LogP contribution in [-0.2, 0) is 6.54 Å². The fourth-order valence-corrected chi connectivity index (χ4v) is 1.61. The Morgan fingerprint density at radius 2 is 2.10 bits per heavy atom. The first-order valence-corrected chi connectivity index (χ1v) is 5.92. The highest BCUT2D eigenvalue weighted by atomic mass is 16.5. The van der Waals surface area contributed by atoms with Crippen molar-refractivity contribution in [3.8, 4) is 5.88 Å². The van der Waals surface area contributed by atoms with E-state index >= 15 is 0 Å². The number of hydrazine groups is 1. The minimum absolute atomic E-state index is 0.209. The molecule has 0 saturated heterocycles. The number of hydrogen-bond donors (Lipinski definition) is 3. The van der Waals surface area contributed by atoms with Crippen LogP contribution in [0.25, 0.3) is 0 Å². The highest BCUT2D eigenvalue weighted by Gasteiger charge is 2.06. The van der Waals surface area contributed by atoms with Crippen LogP contribution in [0.15, 0.2) is 36.7 Å². The summed E-state index contributed by atoms with van der Waals surface area (Å²) in [6, 6.07) is 6.76. The lowest BCUT2D eigenvalue weighted by Crippen LogP contribution is -2.23. The molecule has 0 saturated carbocycles. The molecule has 7 heteroatoms. The van der Waals surface area contributed by atoms with Gasteiger partial charge in [-0.2, -0.15) is 0 Å². The van der Waals surface area contributed by atoms with Gasteiger partial charge in [0.05, 0.1) is 7.11 Å². The van der Waals surface area contributed by atoms with Crippen LogP contribution >= 0.6 is 0 Å². The number of anilines is 1. The van der Waals surface area contributed by atoms with Crippen molar-refractivity contribution in [2.75, 3.05) is 12.5 Å². The number of carbonyl (C=O) groups is 1. The third kappa shape index (κ3) is 3.42. The topological polar surface area (TPSA) is 102 Å². The number of pyridine rings is 2. The third-order valence-corrected chi connectivity index (χ3v) is 2.63. The predicted octanol–water partition coefficient (Wildman–Crippen LogP) is 0.701. The summed E-state index contributed by atoms with van der Waals surface area (Å²) in [5.41, 5.74) is 3.78. The zero-order valence-electron chi connectivity index (χ0n) is 11.0. The predicted molar refractivity (Wildman–Crippen MR) is 74.0 cm³/mol. The molecule has 0 unspecified atom stereocenters. The smallest absolute Gasteiger partial charge is 0.251 e. The minimum atomic E-state index is -0.209. The molecule has 2 aromatic rings. The summed E-state index contributed by atoms with van der Waals surface area (Å²) >= 11 is 0. The lowest BCUT2D eigenvalue weighted by Gasteiger charge is -2.07. The largest absolute Gasteiger partial charge is 0.481 e. The molecule has 0 radical (unpaired) electrons. The monoisotopic (exact) mass is 273 g/mol. The SMILES string of the molecule is COc1cc(CNC(=O)c2ccnc(NN)c2)ccn1. The van der Waals surface area contributed by atoms with Crippen LogP contribution < -0.4 is 21.3 Å². The van der Waals surface area contributed by atoms with Crippen LogP contribution in [0, 0.1) is 0 Å². The quantitative estimate of drug-likeness (QED) is 0.547. The van der Waals surface area contributed by atoms with Gasteiger partial charge in [-0.25, -0.2) is 15.8 Å². The van der Waals surface area contributed by atoms with E-state index in [4.69, 9.17) is 10.6 Å². The summed E-state index contributed by atoms with van der Waals surface area (Å²) in [7, 11) is 1.54. The van der Waals surface area contributed by atoms with Crippen molar-refractivity contribution < 1.29 is 9.53 Å².